The number of hydrogen-bond acceptors (Lipinski definition) is 3. The van der Waals surface area contributed by atoms with Gasteiger partial charge in [-0.2, -0.15) is 0 Å². The first-order chi connectivity index (χ1) is 13.3. The zero-order chi connectivity index (χ0) is 20.3. The van der Waals surface area contributed by atoms with Gasteiger partial charge in [-0.15, -0.1) is 0 Å². The van der Waals surface area contributed by atoms with Crippen LogP contribution in [-0.4, -0.2) is 24.9 Å². The van der Waals surface area contributed by atoms with Crippen molar-refractivity contribution >= 4 is 21.5 Å². The lowest BCUT2D eigenvalue weighted by atomic mass is 9.97. The van der Waals surface area contributed by atoms with E-state index in [2.05, 4.69) is 9.71 Å². The first kappa shape index (κ1) is 19.9. The minimum Gasteiger partial charge on any atom is -0.355 e. The van der Waals surface area contributed by atoms with Crippen LogP contribution in [0.15, 0.2) is 60.7 Å². The van der Waals surface area contributed by atoms with Crippen LogP contribution in [0, 0.1) is 6.92 Å². The molecule has 0 spiro atoms. The zero-order valence-corrected chi connectivity index (χ0v) is 17.0. The van der Waals surface area contributed by atoms with Crippen molar-refractivity contribution in [3.63, 3.8) is 0 Å². The number of anilines is 1. The minimum absolute atomic E-state index is 0.0270. The first-order valence-electron chi connectivity index (χ1n) is 9.20. The Hall–Kier alpha value is -2.86. The van der Waals surface area contributed by atoms with Crippen LogP contribution in [-0.2, 0) is 10.0 Å². The Morgan fingerprint density at radius 2 is 1.71 bits per heavy atom. The van der Waals surface area contributed by atoms with Crippen LogP contribution in [0.5, 0.6) is 0 Å². The number of ketones is 1. The van der Waals surface area contributed by atoms with Crippen molar-refractivity contribution in [2.45, 2.75) is 26.7 Å². The number of aromatic nitrogens is 1. The molecule has 28 heavy (non-hydrogen) atoms. The third kappa shape index (κ3) is 4.34. The maximum atomic E-state index is 12.7. The van der Waals surface area contributed by atoms with Gasteiger partial charge in [0.15, 0.2) is 0 Å². The number of aryl methyl sites for hydroxylation is 1. The van der Waals surface area contributed by atoms with Gasteiger partial charge in [0.1, 0.15) is 0 Å². The Bertz CT molecular complexity index is 1070. The molecule has 1 atom stereocenters. The molecule has 3 aromatic rings. The summed E-state index contributed by atoms with van der Waals surface area (Å²) < 4.78 is 25.9. The Labute approximate surface area is 165 Å². The fourth-order valence-corrected chi connectivity index (χ4v) is 3.70. The van der Waals surface area contributed by atoms with Crippen molar-refractivity contribution in [2.24, 2.45) is 0 Å². The van der Waals surface area contributed by atoms with E-state index >= 15 is 0 Å². The predicted octanol–water partition coefficient (Wildman–Crippen LogP) is 4.47. The van der Waals surface area contributed by atoms with Gasteiger partial charge < -0.3 is 4.98 Å². The van der Waals surface area contributed by atoms with Crippen LogP contribution in [0.25, 0.3) is 0 Å². The molecule has 0 aliphatic heterocycles. The van der Waals surface area contributed by atoms with E-state index in [0.717, 1.165) is 16.8 Å². The quantitative estimate of drug-likeness (QED) is 0.579. The first-order valence-corrected chi connectivity index (χ1v) is 10.9. The second-order valence-electron chi connectivity index (χ2n) is 6.83. The summed E-state index contributed by atoms with van der Waals surface area (Å²) in [5.41, 5.74) is 4.67. The number of carbonyl (C=O) groups is 1. The van der Waals surface area contributed by atoms with Crippen molar-refractivity contribution < 1.29 is 13.2 Å². The molecule has 0 saturated heterocycles. The third-order valence-corrected chi connectivity index (χ3v) is 6.14. The van der Waals surface area contributed by atoms with Gasteiger partial charge in [0, 0.05) is 22.9 Å². The standard InChI is InChI=1S/C22H24N2O3S/c1-4-28(26,27)24-19-12-10-17(11-13-19)16(3)20-14-15(2)21(23-20)22(25)18-8-6-5-7-9-18/h5-14,16,23-24H,4H2,1-3H3. The fraction of sp³-hybridized carbons (Fsp3) is 0.227. The van der Waals surface area contributed by atoms with Crippen molar-refractivity contribution in [3.05, 3.63) is 88.7 Å². The summed E-state index contributed by atoms with van der Waals surface area (Å²) in [6.45, 7) is 5.57. The van der Waals surface area contributed by atoms with Crippen LogP contribution in [0.1, 0.15) is 52.6 Å². The van der Waals surface area contributed by atoms with E-state index in [9.17, 15) is 13.2 Å². The highest BCUT2D eigenvalue weighted by Gasteiger charge is 2.18. The molecule has 0 saturated carbocycles. The smallest absolute Gasteiger partial charge is 0.232 e. The molecule has 1 aromatic heterocycles. The highest BCUT2D eigenvalue weighted by molar-refractivity contribution is 7.92. The lowest BCUT2D eigenvalue weighted by Crippen LogP contribution is -2.14. The van der Waals surface area contributed by atoms with Crippen LogP contribution in [0.3, 0.4) is 0 Å². The summed E-state index contributed by atoms with van der Waals surface area (Å²) in [6, 6.07) is 18.5. The monoisotopic (exact) mass is 396 g/mol. The number of hydrogen-bond donors (Lipinski definition) is 2. The number of aromatic amines is 1. The highest BCUT2D eigenvalue weighted by Crippen LogP contribution is 2.27. The van der Waals surface area contributed by atoms with Crippen molar-refractivity contribution in [3.8, 4) is 0 Å². The molecule has 2 N–H and O–H groups in total. The molecular formula is C22H24N2O3S. The SMILES string of the molecule is CCS(=O)(=O)Nc1ccc(C(C)c2cc(C)c(C(=O)c3ccccc3)[nH]2)cc1. The van der Waals surface area contributed by atoms with Gasteiger partial charge >= 0.3 is 0 Å². The molecule has 0 radical (unpaired) electrons. The Morgan fingerprint density at radius 1 is 1.07 bits per heavy atom. The molecular weight excluding hydrogens is 372 g/mol. The van der Waals surface area contributed by atoms with Gasteiger partial charge in [0.05, 0.1) is 11.4 Å². The number of carbonyl (C=O) groups excluding carboxylic acids is 1. The normalized spacial score (nSPS) is 12.5. The molecule has 0 aliphatic rings. The van der Waals surface area contributed by atoms with Crippen molar-refractivity contribution in [1.82, 2.24) is 4.98 Å². The second kappa shape index (κ2) is 8.02. The molecule has 0 aliphatic carbocycles. The fourth-order valence-electron chi connectivity index (χ4n) is 3.06. The van der Waals surface area contributed by atoms with Gasteiger partial charge in [0.2, 0.25) is 15.8 Å². The van der Waals surface area contributed by atoms with Gasteiger partial charge in [-0.05, 0) is 43.2 Å². The van der Waals surface area contributed by atoms with E-state index < -0.39 is 10.0 Å². The Kier molecular flexibility index (Phi) is 5.70. The molecule has 6 heteroatoms. The Morgan fingerprint density at radius 3 is 2.32 bits per heavy atom. The van der Waals surface area contributed by atoms with Gasteiger partial charge in [-0.25, -0.2) is 8.42 Å². The maximum Gasteiger partial charge on any atom is 0.232 e. The second-order valence-corrected chi connectivity index (χ2v) is 8.84. The zero-order valence-electron chi connectivity index (χ0n) is 16.2. The summed E-state index contributed by atoms with van der Waals surface area (Å²) in [6.07, 6.45) is 0. The minimum atomic E-state index is -3.29. The predicted molar refractivity (Wildman–Crippen MR) is 112 cm³/mol. The lowest BCUT2D eigenvalue weighted by Gasteiger charge is -2.12. The number of rotatable bonds is 7. The number of nitrogens with one attached hydrogen (secondary N) is 2. The van der Waals surface area contributed by atoms with Gasteiger partial charge in [-0.3, -0.25) is 9.52 Å². The average Bonchev–Trinajstić information content (AvgIpc) is 3.09. The van der Waals surface area contributed by atoms with Crippen LogP contribution >= 0.6 is 0 Å². The summed E-state index contributed by atoms with van der Waals surface area (Å²) >= 11 is 0. The number of sulfonamides is 1. The molecule has 5 nitrogen and oxygen atoms in total. The molecule has 0 bridgehead atoms. The largest absolute Gasteiger partial charge is 0.355 e. The lowest BCUT2D eigenvalue weighted by molar-refractivity contribution is 0.103. The van der Waals surface area contributed by atoms with Crippen molar-refractivity contribution in [2.75, 3.05) is 10.5 Å². The summed E-state index contributed by atoms with van der Waals surface area (Å²) in [7, 11) is -3.29. The molecule has 1 heterocycles. The molecule has 2 aromatic carbocycles. The summed E-state index contributed by atoms with van der Waals surface area (Å²) in [5, 5.41) is 0. The van der Waals surface area contributed by atoms with Gasteiger partial charge in [0.25, 0.3) is 0 Å². The van der Waals surface area contributed by atoms with Crippen LogP contribution < -0.4 is 4.72 Å². The van der Waals surface area contributed by atoms with E-state index in [1.807, 2.05) is 62.4 Å². The van der Waals surface area contributed by atoms with E-state index in [0.29, 0.717) is 16.9 Å². The Balaban J connectivity index is 1.82. The summed E-state index contributed by atoms with van der Waals surface area (Å²) in [5.74, 6) is 0.0409. The molecule has 146 valence electrons. The molecule has 0 amide bonds. The number of benzene rings is 2. The number of H-pyrrole nitrogens is 1. The molecule has 0 fully saturated rings. The van der Waals surface area contributed by atoms with E-state index in [1.54, 1.807) is 19.1 Å². The summed E-state index contributed by atoms with van der Waals surface area (Å²) in [4.78, 5) is 16.0. The molecule has 1 unspecified atom stereocenters. The molecule has 3 rings (SSSR count). The van der Waals surface area contributed by atoms with Crippen LogP contribution in [0.4, 0.5) is 5.69 Å². The van der Waals surface area contributed by atoms with E-state index in [4.69, 9.17) is 0 Å². The van der Waals surface area contributed by atoms with Crippen LogP contribution in [0.2, 0.25) is 0 Å². The maximum absolute atomic E-state index is 12.7. The van der Waals surface area contributed by atoms with E-state index in [1.165, 1.54) is 0 Å². The third-order valence-electron chi connectivity index (χ3n) is 4.83. The van der Waals surface area contributed by atoms with Crippen molar-refractivity contribution in [1.29, 1.82) is 0 Å². The average molecular weight is 397 g/mol. The topological polar surface area (TPSA) is 79.0 Å². The highest BCUT2D eigenvalue weighted by atomic mass is 32.2. The van der Waals surface area contributed by atoms with E-state index in [-0.39, 0.29) is 17.5 Å². The van der Waals surface area contributed by atoms with Gasteiger partial charge in [-0.1, -0.05) is 49.4 Å².